The largest absolute Gasteiger partial charge is 0.294 e. The molecule has 2 unspecified atom stereocenters. The Morgan fingerprint density at radius 1 is 1.37 bits per heavy atom. The van der Waals surface area contributed by atoms with Crippen LogP contribution in [0.1, 0.15) is 49.4 Å². The van der Waals surface area contributed by atoms with Crippen molar-refractivity contribution < 1.29 is 4.79 Å². The first-order chi connectivity index (χ1) is 9.31. The van der Waals surface area contributed by atoms with Crippen LogP contribution in [-0.2, 0) is 0 Å². The molecule has 0 aromatic carbocycles. The maximum atomic E-state index is 12.8. The highest BCUT2D eigenvalue weighted by atomic mass is 16.1. The first-order valence-electron chi connectivity index (χ1n) is 7.13. The SMILES string of the molecule is CCC1CCCCC1C(=O)c1cnn2ccncc12. The third-order valence-corrected chi connectivity index (χ3v) is 4.36. The van der Waals surface area contributed by atoms with E-state index >= 15 is 0 Å². The van der Waals surface area contributed by atoms with Crippen LogP contribution in [0.15, 0.2) is 24.8 Å². The average molecular weight is 257 g/mol. The van der Waals surface area contributed by atoms with Crippen LogP contribution in [0, 0.1) is 11.8 Å². The molecule has 0 bridgehead atoms. The lowest BCUT2D eigenvalue weighted by molar-refractivity contribution is 0.0822. The van der Waals surface area contributed by atoms with E-state index in [2.05, 4.69) is 17.0 Å². The summed E-state index contributed by atoms with van der Waals surface area (Å²) < 4.78 is 1.73. The number of nitrogens with zero attached hydrogens (tertiary/aromatic N) is 3. The summed E-state index contributed by atoms with van der Waals surface area (Å²) >= 11 is 0. The summed E-state index contributed by atoms with van der Waals surface area (Å²) in [7, 11) is 0. The molecule has 0 amide bonds. The quantitative estimate of drug-likeness (QED) is 0.794. The maximum Gasteiger partial charge on any atom is 0.170 e. The molecule has 3 rings (SSSR count). The molecule has 4 heteroatoms. The molecule has 2 atom stereocenters. The van der Waals surface area contributed by atoms with Gasteiger partial charge in [0.1, 0.15) is 0 Å². The molecule has 0 spiro atoms. The van der Waals surface area contributed by atoms with Gasteiger partial charge in [0.15, 0.2) is 5.78 Å². The summed E-state index contributed by atoms with van der Waals surface area (Å²) in [6.07, 6.45) is 12.6. The van der Waals surface area contributed by atoms with Crippen LogP contribution in [0.25, 0.3) is 5.52 Å². The molecule has 0 saturated heterocycles. The molecule has 0 aliphatic heterocycles. The molecular formula is C15H19N3O. The number of aromatic nitrogens is 3. The third kappa shape index (κ3) is 2.15. The molecule has 0 radical (unpaired) electrons. The number of Topliss-reactive ketones (excluding diaryl/α,β-unsaturated/α-hetero) is 1. The monoisotopic (exact) mass is 257 g/mol. The topological polar surface area (TPSA) is 47.3 Å². The van der Waals surface area contributed by atoms with Crippen molar-refractivity contribution in [2.75, 3.05) is 0 Å². The zero-order valence-corrected chi connectivity index (χ0v) is 11.2. The number of fused-ring (bicyclic) bond motifs is 1. The maximum absolute atomic E-state index is 12.8. The normalized spacial score (nSPS) is 23.6. The van der Waals surface area contributed by atoms with Crippen molar-refractivity contribution >= 4 is 11.3 Å². The van der Waals surface area contributed by atoms with E-state index in [1.807, 2.05) is 0 Å². The van der Waals surface area contributed by atoms with Gasteiger partial charge in [0.2, 0.25) is 0 Å². The van der Waals surface area contributed by atoms with E-state index in [9.17, 15) is 4.79 Å². The molecular weight excluding hydrogens is 238 g/mol. The van der Waals surface area contributed by atoms with E-state index in [1.54, 1.807) is 29.3 Å². The molecule has 1 saturated carbocycles. The Morgan fingerprint density at radius 3 is 3.05 bits per heavy atom. The Kier molecular flexibility index (Phi) is 3.32. The molecule has 2 aromatic rings. The Hall–Kier alpha value is -1.71. The molecule has 1 fully saturated rings. The zero-order chi connectivity index (χ0) is 13.2. The minimum atomic E-state index is 0.173. The van der Waals surface area contributed by atoms with Gasteiger partial charge in [-0.15, -0.1) is 0 Å². The van der Waals surface area contributed by atoms with E-state index in [0.29, 0.717) is 5.92 Å². The van der Waals surface area contributed by atoms with Crippen LogP contribution < -0.4 is 0 Å². The van der Waals surface area contributed by atoms with Crippen molar-refractivity contribution in [3.63, 3.8) is 0 Å². The lowest BCUT2D eigenvalue weighted by Crippen LogP contribution is -2.26. The second-order valence-electron chi connectivity index (χ2n) is 5.39. The van der Waals surface area contributed by atoms with Crippen LogP contribution in [0.2, 0.25) is 0 Å². The number of hydrogen-bond donors (Lipinski definition) is 0. The van der Waals surface area contributed by atoms with E-state index in [-0.39, 0.29) is 11.7 Å². The van der Waals surface area contributed by atoms with Crippen LogP contribution in [0.5, 0.6) is 0 Å². The van der Waals surface area contributed by atoms with Gasteiger partial charge in [0.25, 0.3) is 0 Å². The van der Waals surface area contributed by atoms with Crippen LogP contribution in [-0.4, -0.2) is 20.4 Å². The molecule has 19 heavy (non-hydrogen) atoms. The zero-order valence-electron chi connectivity index (χ0n) is 11.2. The second-order valence-corrected chi connectivity index (χ2v) is 5.39. The first-order valence-corrected chi connectivity index (χ1v) is 7.13. The predicted octanol–water partition coefficient (Wildman–Crippen LogP) is 3.13. The van der Waals surface area contributed by atoms with Crippen LogP contribution in [0.4, 0.5) is 0 Å². The highest BCUT2D eigenvalue weighted by molar-refractivity contribution is 6.03. The number of carbonyl (C=O) groups excluding carboxylic acids is 1. The van der Waals surface area contributed by atoms with Gasteiger partial charge in [0.05, 0.1) is 23.5 Å². The molecule has 1 aliphatic carbocycles. The van der Waals surface area contributed by atoms with Gasteiger partial charge in [-0.05, 0) is 18.8 Å². The number of hydrogen-bond acceptors (Lipinski definition) is 3. The van der Waals surface area contributed by atoms with Gasteiger partial charge in [0, 0.05) is 18.3 Å². The number of carbonyl (C=O) groups is 1. The predicted molar refractivity (Wildman–Crippen MR) is 73.1 cm³/mol. The van der Waals surface area contributed by atoms with E-state index in [1.165, 1.54) is 19.3 Å². The van der Waals surface area contributed by atoms with Gasteiger partial charge in [-0.3, -0.25) is 9.78 Å². The van der Waals surface area contributed by atoms with Crippen molar-refractivity contribution in [1.82, 2.24) is 14.6 Å². The van der Waals surface area contributed by atoms with E-state index < -0.39 is 0 Å². The fraction of sp³-hybridized carbons (Fsp3) is 0.533. The molecule has 4 nitrogen and oxygen atoms in total. The Bertz CT molecular complexity index is 590. The number of rotatable bonds is 3. The summed E-state index contributed by atoms with van der Waals surface area (Å²) in [5.74, 6) is 0.967. The smallest absolute Gasteiger partial charge is 0.170 e. The van der Waals surface area contributed by atoms with E-state index in [0.717, 1.165) is 23.9 Å². The Labute approximate surface area is 112 Å². The second kappa shape index (κ2) is 5.11. The minimum absolute atomic E-state index is 0.173. The molecule has 2 heterocycles. The molecule has 1 aliphatic rings. The Morgan fingerprint density at radius 2 is 2.21 bits per heavy atom. The van der Waals surface area contributed by atoms with Crippen molar-refractivity contribution in [3.05, 3.63) is 30.4 Å². The third-order valence-electron chi connectivity index (χ3n) is 4.36. The number of ketones is 1. The van der Waals surface area contributed by atoms with Crippen molar-refractivity contribution in [2.24, 2.45) is 11.8 Å². The lowest BCUT2D eigenvalue weighted by atomic mass is 9.74. The van der Waals surface area contributed by atoms with Crippen molar-refractivity contribution in [2.45, 2.75) is 39.0 Å². The fourth-order valence-corrected chi connectivity index (χ4v) is 3.27. The van der Waals surface area contributed by atoms with Gasteiger partial charge in [-0.25, -0.2) is 4.52 Å². The average Bonchev–Trinajstić information content (AvgIpc) is 2.90. The van der Waals surface area contributed by atoms with Gasteiger partial charge >= 0.3 is 0 Å². The van der Waals surface area contributed by atoms with E-state index in [4.69, 9.17) is 0 Å². The van der Waals surface area contributed by atoms with Crippen LogP contribution in [0.3, 0.4) is 0 Å². The lowest BCUT2D eigenvalue weighted by Gasteiger charge is -2.29. The standard InChI is InChI=1S/C15H19N3O/c1-2-11-5-3-4-6-12(11)15(19)13-9-17-18-8-7-16-10-14(13)18/h7-12H,2-6H2,1H3. The summed E-state index contributed by atoms with van der Waals surface area (Å²) in [4.78, 5) is 16.9. The summed E-state index contributed by atoms with van der Waals surface area (Å²) in [6.45, 7) is 2.19. The molecule has 100 valence electrons. The summed E-state index contributed by atoms with van der Waals surface area (Å²) in [6, 6.07) is 0. The highest BCUT2D eigenvalue weighted by Crippen LogP contribution is 2.35. The van der Waals surface area contributed by atoms with Crippen molar-refractivity contribution in [1.29, 1.82) is 0 Å². The minimum Gasteiger partial charge on any atom is -0.294 e. The van der Waals surface area contributed by atoms with Crippen molar-refractivity contribution in [3.8, 4) is 0 Å². The highest BCUT2D eigenvalue weighted by Gasteiger charge is 2.31. The van der Waals surface area contributed by atoms with Gasteiger partial charge in [-0.2, -0.15) is 5.10 Å². The Balaban J connectivity index is 1.94. The fourth-order valence-electron chi connectivity index (χ4n) is 3.27. The summed E-state index contributed by atoms with van der Waals surface area (Å²) in [5.41, 5.74) is 1.56. The molecule has 2 aromatic heterocycles. The summed E-state index contributed by atoms with van der Waals surface area (Å²) in [5, 5.41) is 4.24. The molecule has 0 N–H and O–H groups in total. The van der Waals surface area contributed by atoms with Gasteiger partial charge in [-0.1, -0.05) is 26.2 Å². The van der Waals surface area contributed by atoms with Gasteiger partial charge < -0.3 is 0 Å². The first kappa shape index (κ1) is 12.3. The van der Waals surface area contributed by atoms with Crippen LogP contribution >= 0.6 is 0 Å².